The molecule has 0 bridgehead atoms. The molecule has 1 fully saturated rings. The molecular weight excluding hydrogens is 350 g/mol. The first-order valence-electron chi connectivity index (χ1n) is 7.33. The third kappa shape index (κ3) is 3.50. The van der Waals surface area contributed by atoms with Crippen LogP contribution in [-0.2, 0) is 6.42 Å². The molecule has 1 saturated heterocycles. The van der Waals surface area contributed by atoms with Crippen LogP contribution >= 0.6 is 28.3 Å². The molecule has 0 spiro atoms. The van der Waals surface area contributed by atoms with Crippen molar-refractivity contribution in [2.45, 2.75) is 19.8 Å². The van der Waals surface area contributed by atoms with Crippen LogP contribution in [0, 0.1) is 0 Å². The first-order chi connectivity index (χ1) is 9.79. The smallest absolute Gasteiger partial charge is 0.0868 e. The number of rotatable bonds is 3. The van der Waals surface area contributed by atoms with Gasteiger partial charge < -0.3 is 10.2 Å². The van der Waals surface area contributed by atoms with E-state index in [2.05, 4.69) is 57.3 Å². The van der Waals surface area contributed by atoms with Crippen LogP contribution in [-0.4, -0.2) is 31.2 Å². The lowest BCUT2D eigenvalue weighted by Gasteiger charge is -2.30. The van der Waals surface area contributed by atoms with Crippen molar-refractivity contribution in [3.8, 4) is 0 Å². The minimum atomic E-state index is 0. The quantitative estimate of drug-likeness (QED) is 0.891. The predicted molar refractivity (Wildman–Crippen MR) is 95.8 cm³/mol. The molecular formula is C16H21BrClN3. The number of benzene rings is 1. The monoisotopic (exact) mass is 369 g/mol. The number of fused-ring (bicyclic) bond motifs is 1. The summed E-state index contributed by atoms with van der Waals surface area (Å²) in [5.41, 5.74) is 3.62. The van der Waals surface area contributed by atoms with Crippen molar-refractivity contribution in [2.24, 2.45) is 0 Å². The van der Waals surface area contributed by atoms with E-state index in [0.717, 1.165) is 49.0 Å². The summed E-state index contributed by atoms with van der Waals surface area (Å²) in [5, 5.41) is 4.67. The molecule has 5 heteroatoms. The van der Waals surface area contributed by atoms with E-state index in [-0.39, 0.29) is 12.4 Å². The van der Waals surface area contributed by atoms with Crippen LogP contribution in [0.4, 0.5) is 5.69 Å². The standard InChI is InChI=1S/C16H20BrN3.ClH/c1-2-4-12-11-15(20-9-7-18-8-10-20)13-5-3-6-14(17)16(13)19-12;/h3,5-6,11,18H,2,4,7-10H2,1H3;1H. The number of anilines is 1. The molecule has 0 unspecified atom stereocenters. The Balaban J connectivity index is 0.00000161. The van der Waals surface area contributed by atoms with Gasteiger partial charge in [-0.05, 0) is 34.5 Å². The third-order valence-corrected chi connectivity index (χ3v) is 4.43. The lowest BCUT2D eigenvalue weighted by Crippen LogP contribution is -2.43. The van der Waals surface area contributed by atoms with E-state index >= 15 is 0 Å². The number of aromatic nitrogens is 1. The van der Waals surface area contributed by atoms with E-state index in [1.165, 1.54) is 16.8 Å². The molecule has 1 N–H and O–H groups in total. The van der Waals surface area contributed by atoms with Gasteiger partial charge in [-0.25, -0.2) is 0 Å². The van der Waals surface area contributed by atoms with E-state index in [1.54, 1.807) is 0 Å². The summed E-state index contributed by atoms with van der Waals surface area (Å²) in [6.07, 6.45) is 2.17. The Morgan fingerprint density at radius 2 is 2.05 bits per heavy atom. The van der Waals surface area contributed by atoms with Crippen molar-refractivity contribution in [3.05, 3.63) is 34.4 Å². The van der Waals surface area contributed by atoms with Crippen LogP contribution < -0.4 is 10.2 Å². The third-order valence-electron chi connectivity index (χ3n) is 3.79. The van der Waals surface area contributed by atoms with Crippen molar-refractivity contribution >= 4 is 44.9 Å². The van der Waals surface area contributed by atoms with Crippen molar-refractivity contribution in [3.63, 3.8) is 0 Å². The molecule has 1 aliphatic rings. The van der Waals surface area contributed by atoms with Gasteiger partial charge in [0.1, 0.15) is 0 Å². The summed E-state index contributed by atoms with van der Waals surface area (Å²) < 4.78 is 1.09. The number of para-hydroxylation sites is 1. The van der Waals surface area contributed by atoms with Crippen LogP contribution in [0.2, 0.25) is 0 Å². The number of hydrogen-bond acceptors (Lipinski definition) is 3. The topological polar surface area (TPSA) is 28.2 Å². The second-order valence-electron chi connectivity index (χ2n) is 5.26. The molecule has 1 aliphatic heterocycles. The van der Waals surface area contributed by atoms with Crippen LogP contribution in [0.1, 0.15) is 19.0 Å². The first-order valence-corrected chi connectivity index (χ1v) is 8.12. The molecule has 1 aromatic carbocycles. The molecule has 3 rings (SSSR count). The van der Waals surface area contributed by atoms with Crippen molar-refractivity contribution in [1.29, 1.82) is 0 Å². The highest BCUT2D eigenvalue weighted by Crippen LogP contribution is 2.31. The van der Waals surface area contributed by atoms with Gasteiger partial charge in [-0.1, -0.05) is 25.5 Å². The molecule has 0 saturated carbocycles. The normalized spacial score (nSPS) is 15.0. The summed E-state index contributed by atoms with van der Waals surface area (Å²) in [7, 11) is 0. The lowest BCUT2D eigenvalue weighted by atomic mass is 10.1. The number of halogens is 2. The zero-order chi connectivity index (χ0) is 13.9. The molecule has 2 heterocycles. The molecule has 0 atom stereocenters. The Morgan fingerprint density at radius 1 is 1.29 bits per heavy atom. The fourth-order valence-electron chi connectivity index (χ4n) is 2.80. The Hall–Kier alpha value is -0.840. The maximum atomic E-state index is 4.83. The molecule has 114 valence electrons. The lowest BCUT2D eigenvalue weighted by molar-refractivity contribution is 0.590. The summed E-state index contributed by atoms with van der Waals surface area (Å²) in [6, 6.07) is 8.63. The Kier molecular flexibility index (Phi) is 5.85. The number of piperazine rings is 1. The Morgan fingerprint density at radius 3 is 2.76 bits per heavy atom. The second-order valence-corrected chi connectivity index (χ2v) is 6.11. The molecule has 1 aromatic heterocycles. The van der Waals surface area contributed by atoms with Crippen LogP contribution in [0.3, 0.4) is 0 Å². The molecule has 2 aromatic rings. The van der Waals surface area contributed by atoms with Crippen LogP contribution in [0.25, 0.3) is 10.9 Å². The van der Waals surface area contributed by atoms with Crippen LogP contribution in [0.5, 0.6) is 0 Å². The van der Waals surface area contributed by atoms with Gasteiger partial charge in [-0.3, -0.25) is 4.98 Å². The van der Waals surface area contributed by atoms with Crippen molar-refractivity contribution in [1.82, 2.24) is 10.3 Å². The maximum Gasteiger partial charge on any atom is 0.0868 e. The molecule has 3 nitrogen and oxygen atoms in total. The van der Waals surface area contributed by atoms with Gasteiger partial charge in [0, 0.05) is 47.4 Å². The van der Waals surface area contributed by atoms with Crippen molar-refractivity contribution < 1.29 is 0 Å². The van der Waals surface area contributed by atoms with E-state index in [4.69, 9.17) is 4.98 Å². The highest BCUT2D eigenvalue weighted by atomic mass is 79.9. The largest absolute Gasteiger partial charge is 0.368 e. The number of pyridine rings is 1. The Bertz CT molecular complexity index is 612. The summed E-state index contributed by atoms with van der Waals surface area (Å²) in [4.78, 5) is 7.31. The maximum absolute atomic E-state index is 4.83. The number of hydrogen-bond donors (Lipinski definition) is 1. The average Bonchev–Trinajstić information content (AvgIpc) is 2.49. The van der Waals surface area contributed by atoms with Gasteiger partial charge in [0.15, 0.2) is 0 Å². The zero-order valence-electron chi connectivity index (χ0n) is 12.2. The SMILES string of the molecule is CCCc1cc(N2CCNCC2)c2cccc(Br)c2n1.Cl. The summed E-state index contributed by atoms with van der Waals surface area (Å²) in [5.74, 6) is 0. The van der Waals surface area contributed by atoms with Gasteiger partial charge in [-0.15, -0.1) is 12.4 Å². The fraction of sp³-hybridized carbons (Fsp3) is 0.438. The molecule has 0 radical (unpaired) electrons. The molecule has 21 heavy (non-hydrogen) atoms. The van der Waals surface area contributed by atoms with Gasteiger partial charge in [0.25, 0.3) is 0 Å². The first kappa shape index (κ1) is 16.5. The molecule has 0 amide bonds. The van der Waals surface area contributed by atoms with Crippen molar-refractivity contribution in [2.75, 3.05) is 31.1 Å². The van der Waals surface area contributed by atoms with E-state index in [9.17, 15) is 0 Å². The average molecular weight is 371 g/mol. The fourth-order valence-corrected chi connectivity index (χ4v) is 3.25. The molecule has 0 aliphatic carbocycles. The highest BCUT2D eigenvalue weighted by Gasteiger charge is 2.16. The van der Waals surface area contributed by atoms with Gasteiger partial charge in [0.05, 0.1) is 5.52 Å². The minimum Gasteiger partial charge on any atom is -0.368 e. The van der Waals surface area contributed by atoms with Crippen LogP contribution in [0.15, 0.2) is 28.7 Å². The number of aryl methyl sites for hydroxylation is 1. The van der Waals surface area contributed by atoms with E-state index in [0.29, 0.717) is 0 Å². The minimum absolute atomic E-state index is 0. The highest BCUT2D eigenvalue weighted by molar-refractivity contribution is 9.10. The van der Waals surface area contributed by atoms with Gasteiger partial charge >= 0.3 is 0 Å². The number of nitrogens with one attached hydrogen (secondary N) is 1. The number of nitrogens with zero attached hydrogens (tertiary/aromatic N) is 2. The predicted octanol–water partition coefficient (Wildman–Crippen LogP) is 3.78. The Labute approximate surface area is 140 Å². The zero-order valence-corrected chi connectivity index (χ0v) is 14.6. The summed E-state index contributed by atoms with van der Waals surface area (Å²) in [6.45, 7) is 6.45. The van der Waals surface area contributed by atoms with E-state index < -0.39 is 0 Å². The summed E-state index contributed by atoms with van der Waals surface area (Å²) >= 11 is 3.65. The van der Waals surface area contributed by atoms with Gasteiger partial charge in [-0.2, -0.15) is 0 Å². The second kappa shape index (κ2) is 7.43. The van der Waals surface area contributed by atoms with Gasteiger partial charge in [0.2, 0.25) is 0 Å². The van der Waals surface area contributed by atoms with E-state index in [1.807, 2.05) is 0 Å².